The largest absolute Gasteiger partial charge is 0.323 e. The normalized spacial score (nSPS) is 15.5. The highest BCUT2D eigenvalue weighted by Gasteiger charge is 2.31. The molecule has 1 aliphatic heterocycles. The smallest absolute Gasteiger partial charge is 0.261 e. The fourth-order valence-electron chi connectivity index (χ4n) is 3.23. The molecule has 0 saturated heterocycles. The van der Waals surface area contributed by atoms with Gasteiger partial charge in [0.2, 0.25) is 5.95 Å². The summed E-state index contributed by atoms with van der Waals surface area (Å²) in [6.45, 7) is 2.04. The molecule has 2 heterocycles. The Hall–Kier alpha value is -2.63. The van der Waals surface area contributed by atoms with Gasteiger partial charge < -0.3 is 10.2 Å². The maximum absolute atomic E-state index is 13.0. The Bertz CT molecular complexity index is 1010. The summed E-state index contributed by atoms with van der Waals surface area (Å²) in [5, 5.41) is 4.07. The van der Waals surface area contributed by atoms with E-state index in [0.717, 1.165) is 12.1 Å². The Morgan fingerprint density at radius 1 is 1.15 bits per heavy atom. The molecule has 0 saturated carbocycles. The average Bonchev–Trinajstić information content (AvgIpc) is 3.00. The fraction of sp³-hybridized carbons (Fsp3) is 0.150. The van der Waals surface area contributed by atoms with Crippen molar-refractivity contribution in [3.05, 3.63) is 76.0 Å². The topological polar surface area (TPSA) is 58.1 Å². The number of benzene rings is 2. The van der Waals surface area contributed by atoms with Crippen molar-refractivity contribution in [2.24, 2.45) is 0 Å². The van der Waals surface area contributed by atoms with Crippen LogP contribution in [0.1, 0.15) is 22.8 Å². The molecule has 3 aromatic rings. The Labute approximate surface area is 167 Å². The molecular formula is C20H16Cl2N4O. The molecule has 0 fully saturated rings. The van der Waals surface area contributed by atoms with Crippen LogP contribution in [0.3, 0.4) is 0 Å². The lowest BCUT2D eigenvalue weighted by atomic mass is 10.1. The lowest BCUT2D eigenvalue weighted by Crippen LogP contribution is -2.35. The Balaban J connectivity index is 1.56. The minimum absolute atomic E-state index is 0.0953. The van der Waals surface area contributed by atoms with Gasteiger partial charge in [0, 0.05) is 29.1 Å². The zero-order valence-corrected chi connectivity index (χ0v) is 16.0. The van der Waals surface area contributed by atoms with Crippen LogP contribution in [0, 0.1) is 0 Å². The van der Waals surface area contributed by atoms with Crippen LogP contribution in [0.2, 0.25) is 10.0 Å². The summed E-state index contributed by atoms with van der Waals surface area (Å²) in [7, 11) is 0. The minimum atomic E-state index is -0.111. The molecule has 1 N–H and O–H groups in total. The second-order valence-electron chi connectivity index (χ2n) is 6.40. The SMILES string of the molecule is CC1Cc2ccccc2N1C(=O)c1cnc(Nc2cc(Cl)ccc2Cl)nc1. The lowest BCUT2D eigenvalue weighted by Gasteiger charge is -2.22. The van der Waals surface area contributed by atoms with Gasteiger partial charge in [0.25, 0.3) is 5.91 Å². The predicted molar refractivity (Wildman–Crippen MR) is 108 cm³/mol. The number of carbonyl (C=O) groups excluding carboxylic acids is 1. The molecule has 7 heteroatoms. The Kier molecular flexibility index (Phi) is 4.72. The molecule has 1 aromatic heterocycles. The molecule has 0 spiro atoms. The quantitative estimate of drug-likeness (QED) is 0.664. The molecule has 1 aliphatic rings. The summed E-state index contributed by atoms with van der Waals surface area (Å²) in [6, 6.07) is 13.1. The van der Waals surface area contributed by atoms with Crippen molar-refractivity contribution in [2.45, 2.75) is 19.4 Å². The van der Waals surface area contributed by atoms with Crippen LogP contribution in [0.15, 0.2) is 54.9 Å². The van der Waals surface area contributed by atoms with E-state index in [2.05, 4.69) is 21.4 Å². The summed E-state index contributed by atoms with van der Waals surface area (Å²) in [5.74, 6) is 0.227. The molecule has 1 atom stereocenters. The third-order valence-electron chi connectivity index (χ3n) is 4.50. The second-order valence-corrected chi connectivity index (χ2v) is 7.25. The van der Waals surface area contributed by atoms with E-state index < -0.39 is 0 Å². The number of hydrogen-bond donors (Lipinski definition) is 1. The first-order valence-corrected chi connectivity index (χ1v) is 9.24. The standard InChI is InChI=1S/C20H16Cl2N4O/c1-12-8-13-4-2-3-5-18(13)26(12)19(27)14-10-23-20(24-11-14)25-17-9-15(21)6-7-16(17)22/h2-7,9-12H,8H2,1H3,(H,23,24,25). The van der Waals surface area contributed by atoms with Crippen molar-refractivity contribution in [1.82, 2.24) is 9.97 Å². The first kappa shape index (κ1) is 17.8. The molecule has 0 bridgehead atoms. The molecule has 27 heavy (non-hydrogen) atoms. The number of aromatic nitrogens is 2. The van der Waals surface area contributed by atoms with Crippen LogP contribution in [0.5, 0.6) is 0 Å². The molecule has 0 aliphatic carbocycles. The van der Waals surface area contributed by atoms with Gasteiger partial charge in [0.05, 0.1) is 16.3 Å². The molecule has 136 valence electrons. The third kappa shape index (κ3) is 3.48. The van der Waals surface area contributed by atoms with E-state index in [4.69, 9.17) is 23.2 Å². The van der Waals surface area contributed by atoms with Gasteiger partial charge in [-0.05, 0) is 43.2 Å². The monoisotopic (exact) mass is 398 g/mol. The number of fused-ring (bicyclic) bond motifs is 1. The van der Waals surface area contributed by atoms with Crippen LogP contribution in [0.25, 0.3) is 0 Å². The van der Waals surface area contributed by atoms with Crippen molar-refractivity contribution < 1.29 is 4.79 Å². The second kappa shape index (κ2) is 7.18. The van der Waals surface area contributed by atoms with Crippen molar-refractivity contribution >= 4 is 46.4 Å². The maximum atomic E-state index is 13.0. The summed E-state index contributed by atoms with van der Waals surface area (Å²) in [6.07, 6.45) is 3.88. The zero-order valence-electron chi connectivity index (χ0n) is 14.5. The van der Waals surface area contributed by atoms with Gasteiger partial charge in [0.15, 0.2) is 0 Å². The van der Waals surface area contributed by atoms with Crippen LogP contribution < -0.4 is 10.2 Å². The number of anilines is 3. The van der Waals surface area contributed by atoms with Crippen LogP contribution in [0.4, 0.5) is 17.3 Å². The summed E-state index contributed by atoms with van der Waals surface area (Å²) >= 11 is 12.1. The van der Waals surface area contributed by atoms with Crippen LogP contribution in [-0.2, 0) is 6.42 Å². The molecule has 1 unspecified atom stereocenters. The summed E-state index contributed by atoms with van der Waals surface area (Å²) in [4.78, 5) is 23.3. The number of rotatable bonds is 3. The molecular weight excluding hydrogens is 383 g/mol. The van der Waals surface area contributed by atoms with E-state index in [9.17, 15) is 4.79 Å². The number of nitrogens with zero attached hydrogens (tertiary/aromatic N) is 3. The third-order valence-corrected chi connectivity index (χ3v) is 5.06. The first-order valence-electron chi connectivity index (χ1n) is 8.48. The number of para-hydroxylation sites is 1. The number of halogens is 2. The van der Waals surface area contributed by atoms with Crippen LogP contribution in [-0.4, -0.2) is 21.9 Å². The van der Waals surface area contributed by atoms with E-state index in [-0.39, 0.29) is 11.9 Å². The Morgan fingerprint density at radius 2 is 1.89 bits per heavy atom. The molecule has 1 amide bonds. The Morgan fingerprint density at radius 3 is 2.67 bits per heavy atom. The van der Waals surface area contributed by atoms with Gasteiger partial charge in [-0.25, -0.2) is 9.97 Å². The van der Waals surface area contributed by atoms with Gasteiger partial charge in [-0.2, -0.15) is 0 Å². The zero-order chi connectivity index (χ0) is 19.0. The van der Waals surface area contributed by atoms with Crippen molar-refractivity contribution in [1.29, 1.82) is 0 Å². The highest BCUT2D eigenvalue weighted by Crippen LogP contribution is 2.33. The number of nitrogens with one attached hydrogen (secondary N) is 1. The number of hydrogen-bond acceptors (Lipinski definition) is 4. The van der Waals surface area contributed by atoms with E-state index in [1.807, 2.05) is 25.1 Å². The van der Waals surface area contributed by atoms with Crippen LogP contribution >= 0.6 is 23.2 Å². The summed E-state index contributed by atoms with van der Waals surface area (Å²) in [5.41, 5.74) is 3.16. The molecule has 2 aromatic carbocycles. The molecule has 0 radical (unpaired) electrons. The van der Waals surface area contributed by atoms with Gasteiger partial charge in [-0.1, -0.05) is 41.4 Å². The van der Waals surface area contributed by atoms with Gasteiger partial charge in [0.1, 0.15) is 0 Å². The van der Waals surface area contributed by atoms with E-state index >= 15 is 0 Å². The number of amides is 1. The predicted octanol–water partition coefficient (Wildman–Crippen LogP) is 5.12. The number of carbonyl (C=O) groups is 1. The first-order chi connectivity index (χ1) is 13.0. The highest BCUT2D eigenvalue weighted by molar-refractivity contribution is 6.35. The van der Waals surface area contributed by atoms with E-state index in [1.165, 1.54) is 18.0 Å². The highest BCUT2D eigenvalue weighted by atomic mass is 35.5. The van der Waals surface area contributed by atoms with Crippen molar-refractivity contribution in [2.75, 3.05) is 10.2 Å². The fourth-order valence-corrected chi connectivity index (χ4v) is 3.57. The molecule has 5 nitrogen and oxygen atoms in total. The van der Waals surface area contributed by atoms with Crippen molar-refractivity contribution in [3.63, 3.8) is 0 Å². The van der Waals surface area contributed by atoms with Gasteiger partial charge >= 0.3 is 0 Å². The summed E-state index contributed by atoms with van der Waals surface area (Å²) < 4.78 is 0. The average molecular weight is 399 g/mol. The van der Waals surface area contributed by atoms with Gasteiger partial charge in [-0.15, -0.1) is 0 Å². The minimum Gasteiger partial charge on any atom is -0.323 e. The van der Waals surface area contributed by atoms with E-state index in [0.29, 0.717) is 27.2 Å². The maximum Gasteiger partial charge on any atom is 0.261 e. The van der Waals surface area contributed by atoms with E-state index in [1.54, 1.807) is 23.1 Å². The van der Waals surface area contributed by atoms with Gasteiger partial charge in [-0.3, -0.25) is 4.79 Å². The molecule has 4 rings (SSSR count). The van der Waals surface area contributed by atoms with Crippen molar-refractivity contribution in [3.8, 4) is 0 Å². The lowest BCUT2D eigenvalue weighted by molar-refractivity contribution is 0.0981.